The molecule has 2 N–H and O–H groups in total. The number of aliphatic hydroxyl groups excluding tert-OH is 1. The second-order valence-electron chi connectivity index (χ2n) is 7.67. The van der Waals surface area contributed by atoms with E-state index in [0.717, 1.165) is 22.2 Å². The van der Waals surface area contributed by atoms with Crippen molar-refractivity contribution in [1.82, 2.24) is 9.88 Å². The van der Waals surface area contributed by atoms with Crippen LogP contribution >= 0.6 is 0 Å². The standard InChI is InChI=1S/C24H23FN2O3/c1-4-11-27-21(19-14(3)26-18-8-6-5-7-16(18)19)20(23(29)24(27)30)22(28)15-9-10-17(25)13(2)12-15/h5-10,12,21,26,28H,4,11H2,1-3H3/b22-20+. The SMILES string of the molecule is CCCN1C(=O)C(=O)/C(=C(/O)c2ccc(F)c(C)c2)C1c1c(C)[nH]c2ccccc12. The number of halogens is 1. The summed E-state index contributed by atoms with van der Waals surface area (Å²) in [4.78, 5) is 30.7. The van der Waals surface area contributed by atoms with E-state index in [0.29, 0.717) is 24.1 Å². The topological polar surface area (TPSA) is 73.4 Å². The number of likely N-dealkylation sites (tertiary alicyclic amines) is 1. The highest BCUT2D eigenvalue weighted by molar-refractivity contribution is 6.46. The molecule has 3 aromatic rings. The number of aromatic nitrogens is 1. The largest absolute Gasteiger partial charge is 0.507 e. The van der Waals surface area contributed by atoms with Crippen molar-refractivity contribution < 1.29 is 19.1 Å². The number of hydrogen-bond acceptors (Lipinski definition) is 3. The number of para-hydroxylation sites is 1. The van der Waals surface area contributed by atoms with E-state index in [9.17, 15) is 19.1 Å². The maximum absolute atomic E-state index is 13.7. The predicted octanol–water partition coefficient (Wildman–Crippen LogP) is 4.76. The normalized spacial score (nSPS) is 18.5. The second kappa shape index (κ2) is 7.44. The third kappa shape index (κ3) is 3.00. The van der Waals surface area contributed by atoms with Crippen molar-refractivity contribution in [3.63, 3.8) is 0 Å². The third-order valence-electron chi connectivity index (χ3n) is 5.65. The van der Waals surface area contributed by atoms with E-state index in [1.54, 1.807) is 6.92 Å². The average Bonchev–Trinajstić information content (AvgIpc) is 3.17. The predicted molar refractivity (Wildman–Crippen MR) is 113 cm³/mol. The van der Waals surface area contributed by atoms with Gasteiger partial charge >= 0.3 is 0 Å². The van der Waals surface area contributed by atoms with Crippen LogP contribution in [0.5, 0.6) is 0 Å². The second-order valence-corrected chi connectivity index (χ2v) is 7.67. The summed E-state index contributed by atoms with van der Waals surface area (Å²) in [6.45, 7) is 5.79. The van der Waals surface area contributed by atoms with Crippen LogP contribution < -0.4 is 0 Å². The molecule has 1 saturated heterocycles. The number of rotatable bonds is 4. The Morgan fingerprint density at radius 1 is 1.17 bits per heavy atom. The van der Waals surface area contributed by atoms with Gasteiger partial charge in [-0.2, -0.15) is 0 Å². The number of fused-ring (bicyclic) bond motifs is 1. The van der Waals surface area contributed by atoms with Crippen LogP contribution in [-0.4, -0.2) is 33.2 Å². The molecule has 1 aliphatic heterocycles. The molecule has 0 radical (unpaired) electrons. The van der Waals surface area contributed by atoms with Gasteiger partial charge in [0, 0.05) is 34.3 Å². The van der Waals surface area contributed by atoms with Gasteiger partial charge in [0.2, 0.25) is 0 Å². The number of benzene rings is 2. The number of amides is 1. The molecule has 1 unspecified atom stereocenters. The summed E-state index contributed by atoms with van der Waals surface area (Å²) >= 11 is 0. The lowest BCUT2D eigenvalue weighted by Crippen LogP contribution is -2.30. The molecule has 1 aromatic heterocycles. The van der Waals surface area contributed by atoms with Gasteiger partial charge < -0.3 is 15.0 Å². The Morgan fingerprint density at radius 3 is 2.60 bits per heavy atom. The molecule has 154 valence electrons. The molecular weight excluding hydrogens is 383 g/mol. The van der Waals surface area contributed by atoms with Gasteiger partial charge in [-0.05, 0) is 50.1 Å². The number of aryl methyl sites for hydroxylation is 2. The van der Waals surface area contributed by atoms with Crippen LogP contribution in [0.1, 0.15) is 41.8 Å². The number of aliphatic hydroxyl groups is 1. The first-order chi connectivity index (χ1) is 14.3. The van der Waals surface area contributed by atoms with Crippen LogP contribution in [0.3, 0.4) is 0 Å². The van der Waals surface area contributed by atoms with Crippen molar-refractivity contribution in [2.45, 2.75) is 33.2 Å². The number of ketones is 1. The van der Waals surface area contributed by atoms with Gasteiger partial charge in [0.25, 0.3) is 11.7 Å². The van der Waals surface area contributed by atoms with Gasteiger partial charge in [0.05, 0.1) is 11.6 Å². The van der Waals surface area contributed by atoms with Crippen molar-refractivity contribution in [3.05, 3.63) is 76.2 Å². The highest BCUT2D eigenvalue weighted by Crippen LogP contribution is 2.43. The number of nitrogens with zero attached hydrogens (tertiary/aromatic N) is 1. The minimum atomic E-state index is -0.724. The molecule has 2 heterocycles. The van der Waals surface area contributed by atoms with Crippen LogP contribution in [0.15, 0.2) is 48.0 Å². The van der Waals surface area contributed by atoms with E-state index in [1.807, 2.05) is 38.1 Å². The van der Waals surface area contributed by atoms with E-state index >= 15 is 0 Å². The number of aromatic amines is 1. The highest BCUT2D eigenvalue weighted by atomic mass is 19.1. The number of carbonyl (C=O) groups is 2. The summed E-state index contributed by atoms with van der Waals surface area (Å²) in [6, 6.07) is 11.1. The Labute approximate surface area is 173 Å². The summed E-state index contributed by atoms with van der Waals surface area (Å²) in [5.41, 5.74) is 3.20. The van der Waals surface area contributed by atoms with Gasteiger partial charge in [0.15, 0.2) is 0 Å². The minimum Gasteiger partial charge on any atom is -0.507 e. The van der Waals surface area contributed by atoms with Crippen LogP contribution in [0.25, 0.3) is 16.7 Å². The van der Waals surface area contributed by atoms with Gasteiger partial charge in [-0.3, -0.25) is 9.59 Å². The molecule has 5 nitrogen and oxygen atoms in total. The van der Waals surface area contributed by atoms with E-state index in [2.05, 4.69) is 4.98 Å². The van der Waals surface area contributed by atoms with Crippen LogP contribution in [-0.2, 0) is 9.59 Å². The van der Waals surface area contributed by atoms with Gasteiger partial charge in [0.1, 0.15) is 11.6 Å². The van der Waals surface area contributed by atoms with E-state index < -0.39 is 23.5 Å². The fourth-order valence-electron chi connectivity index (χ4n) is 4.25. The van der Waals surface area contributed by atoms with Crippen molar-refractivity contribution >= 4 is 28.4 Å². The number of hydrogen-bond donors (Lipinski definition) is 2. The molecule has 30 heavy (non-hydrogen) atoms. The van der Waals surface area contributed by atoms with Crippen molar-refractivity contribution in [2.75, 3.05) is 6.54 Å². The first-order valence-electron chi connectivity index (χ1n) is 9.97. The summed E-state index contributed by atoms with van der Waals surface area (Å²) < 4.78 is 13.7. The fraction of sp³-hybridized carbons (Fsp3) is 0.250. The minimum absolute atomic E-state index is 0.0345. The lowest BCUT2D eigenvalue weighted by atomic mass is 9.93. The molecule has 1 amide bonds. The van der Waals surface area contributed by atoms with Crippen molar-refractivity contribution in [1.29, 1.82) is 0 Å². The zero-order chi connectivity index (χ0) is 21.6. The first-order valence-corrected chi connectivity index (χ1v) is 9.97. The van der Waals surface area contributed by atoms with Crippen molar-refractivity contribution in [3.8, 4) is 0 Å². The summed E-state index contributed by atoms with van der Waals surface area (Å²) in [5.74, 6) is -2.05. The number of nitrogens with one attached hydrogen (secondary N) is 1. The number of carbonyl (C=O) groups excluding carboxylic acids is 2. The van der Waals surface area contributed by atoms with Crippen molar-refractivity contribution in [2.24, 2.45) is 0 Å². The molecule has 0 bridgehead atoms. The Balaban J connectivity index is 1.99. The number of H-pyrrole nitrogens is 1. The molecule has 4 rings (SSSR count). The molecule has 6 heteroatoms. The molecule has 1 aliphatic rings. The quantitative estimate of drug-likeness (QED) is 0.373. The van der Waals surface area contributed by atoms with E-state index in [4.69, 9.17) is 0 Å². The summed E-state index contributed by atoms with van der Waals surface area (Å²) in [7, 11) is 0. The molecule has 0 saturated carbocycles. The molecule has 0 aliphatic carbocycles. The molecule has 2 aromatic carbocycles. The third-order valence-corrected chi connectivity index (χ3v) is 5.65. The Hall–Kier alpha value is -3.41. The van der Waals surface area contributed by atoms with Crippen LogP contribution in [0, 0.1) is 19.7 Å². The lowest BCUT2D eigenvalue weighted by molar-refractivity contribution is -0.139. The average molecular weight is 406 g/mol. The van der Waals surface area contributed by atoms with E-state index in [-0.39, 0.29) is 11.3 Å². The van der Waals surface area contributed by atoms with E-state index in [1.165, 1.54) is 23.1 Å². The maximum atomic E-state index is 13.7. The van der Waals surface area contributed by atoms with Gasteiger partial charge in [-0.1, -0.05) is 25.1 Å². The maximum Gasteiger partial charge on any atom is 0.295 e. The Bertz CT molecular complexity index is 1210. The number of Topliss-reactive ketones (excluding diaryl/α,β-unsaturated/α-hetero) is 1. The summed E-state index contributed by atoms with van der Waals surface area (Å²) in [6.07, 6.45) is 0.667. The van der Waals surface area contributed by atoms with Crippen LogP contribution in [0.4, 0.5) is 4.39 Å². The summed E-state index contributed by atoms with van der Waals surface area (Å²) in [5, 5.41) is 12.0. The zero-order valence-corrected chi connectivity index (χ0v) is 17.1. The Morgan fingerprint density at radius 2 is 1.90 bits per heavy atom. The molecule has 1 atom stereocenters. The fourth-order valence-corrected chi connectivity index (χ4v) is 4.25. The zero-order valence-electron chi connectivity index (χ0n) is 17.1. The highest BCUT2D eigenvalue weighted by Gasteiger charge is 2.47. The molecule has 0 spiro atoms. The lowest BCUT2D eigenvalue weighted by Gasteiger charge is -2.25. The Kier molecular flexibility index (Phi) is 4.94. The van der Waals surface area contributed by atoms with Gasteiger partial charge in [-0.15, -0.1) is 0 Å². The van der Waals surface area contributed by atoms with Crippen LogP contribution in [0.2, 0.25) is 0 Å². The van der Waals surface area contributed by atoms with Gasteiger partial charge in [-0.25, -0.2) is 4.39 Å². The monoisotopic (exact) mass is 406 g/mol. The molecule has 1 fully saturated rings. The first kappa shape index (κ1) is 19.9. The smallest absolute Gasteiger partial charge is 0.295 e. The molecular formula is C24H23FN2O3.